The van der Waals surface area contributed by atoms with Crippen molar-refractivity contribution in [1.29, 1.82) is 0 Å². The van der Waals surface area contributed by atoms with E-state index >= 15 is 0 Å². The molecule has 9 heteroatoms. The molecule has 1 fully saturated rings. The maximum Gasteiger partial charge on any atom is 0.265 e. The minimum atomic E-state index is -3.76. The summed E-state index contributed by atoms with van der Waals surface area (Å²) in [5, 5.41) is 3.21. The van der Waals surface area contributed by atoms with Gasteiger partial charge in [-0.2, -0.15) is 4.31 Å². The molecule has 0 bridgehead atoms. The van der Waals surface area contributed by atoms with E-state index in [1.807, 2.05) is 6.07 Å². The third kappa shape index (κ3) is 2.93. The van der Waals surface area contributed by atoms with Gasteiger partial charge in [0, 0.05) is 45.3 Å². The minimum absolute atomic E-state index is 0.0644. The van der Waals surface area contributed by atoms with Gasteiger partial charge in [-0.3, -0.25) is 9.78 Å². The van der Waals surface area contributed by atoms with Gasteiger partial charge in [-0.15, -0.1) is 0 Å². The Bertz CT molecular complexity index is 847. The van der Waals surface area contributed by atoms with Crippen molar-refractivity contribution in [2.45, 2.75) is 10.9 Å². The molecule has 3 rings (SSSR count). The zero-order valence-corrected chi connectivity index (χ0v) is 14.0. The predicted molar refractivity (Wildman–Crippen MR) is 87.7 cm³/mol. The molecular formula is C15H19N5O3S. The summed E-state index contributed by atoms with van der Waals surface area (Å²) in [5.41, 5.74) is 6.25. The number of carbonyl (C=O) groups is 1. The van der Waals surface area contributed by atoms with E-state index in [9.17, 15) is 13.2 Å². The number of amides is 1. The van der Waals surface area contributed by atoms with Crippen molar-refractivity contribution >= 4 is 15.9 Å². The number of aryl methyl sites for hydroxylation is 1. The molecule has 0 saturated carbocycles. The molecule has 0 aromatic carbocycles. The third-order valence-electron chi connectivity index (χ3n) is 4.10. The van der Waals surface area contributed by atoms with Gasteiger partial charge in [0.1, 0.15) is 10.6 Å². The summed E-state index contributed by atoms with van der Waals surface area (Å²) in [6.45, 7) is 1.40. The number of carbonyl (C=O) groups excluding carboxylic acids is 1. The van der Waals surface area contributed by atoms with Gasteiger partial charge < -0.3 is 15.6 Å². The molecule has 0 spiro atoms. The second-order valence-electron chi connectivity index (χ2n) is 5.66. The van der Waals surface area contributed by atoms with Crippen molar-refractivity contribution in [3.63, 3.8) is 0 Å². The molecule has 1 saturated heterocycles. The average Bonchev–Trinajstić information content (AvgIpc) is 2.98. The molecular weight excluding hydrogens is 330 g/mol. The normalized spacial score (nSPS) is 19.3. The Hall–Kier alpha value is -2.23. The third-order valence-corrected chi connectivity index (χ3v) is 5.98. The number of pyridine rings is 1. The van der Waals surface area contributed by atoms with Crippen LogP contribution >= 0.6 is 0 Å². The smallest absolute Gasteiger partial charge is 0.265 e. The van der Waals surface area contributed by atoms with Gasteiger partial charge in [0.05, 0.1) is 6.04 Å². The lowest BCUT2D eigenvalue weighted by atomic mass is 10.1. The molecule has 1 atom stereocenters. The predicted octanol–water partition coefficient (Wildman–Crippen LogP) is -0.146. The van der Waals surface area contributed by atoms with E-state index in [2.05, 4.69) is 10.3 Å². The van der Waals surface area contributed by atoms with Crippen LogP contribution in [0.5, 0.6) is 0 Å². The standard InChI is InChI=1S/C15H19N5O3S/c1-19-10-12(7-13(19)15(16)21)24(22,23)20-6-5-18-9-14(20)11-3-2-4-17-8-11/h2-4,7-8,10,14,18H,5-6,9H2,1H3,(H2,16,21). The van der Waals surface area contributed by atoms with Crippen LogP contribution in [-0.4, -0.2) is 47.8 Å². The highest BCUT2D eigenvalue weighted by Crippen LogP contribution is 2.29. The molecule has 128 valence electrons. The van der Waals surface area contributed by atoms with E-state index in [1.54, 1.807) is 25.5 Å². The highest BCUT2D eigenvalue weighted by molar-refractivity contribution is 7.89. The molecule has 1 amide bonds. The summed E-state index contributed by atoms with van der Waals surface area (Å²) >= 11 is 0. The number of nitrogens with one attached hydrogen (secondary N) is 1. The van der Waals surface area contributed by atoms with Crippen molar-refractivity contribution < 1.29 is 13.2 Å². The number of rotatable bonds is 4. The SMILES string of the molecule is Cn1cc(S(=O)(=O)N2CCNCC2c2cccnc2)cc1C(N)=O. The summed E-state index contributed by atoms with van der Waals surface area (Å²) in [6, 6.07) is 4.60. The van der Waals surface area contributed by atoms with Gasteiger partial charge in [0.25, 0.3) is 5.91 Å². The van der Waals surface area contributed by atoms with Crippen LogP contribution in [0.4, 0.5) is 0 Å². The average molecular weight is 349 g/mol. The van der Waals surface area contributed by atoms with Crippen LogP contribution in [0, 0.1) is 0 Å². The lowest BCUT2D eigenvalue weighted by Crippen LogP contribution is -2.48. The first-order chi connectivity index (χ1) is 11.4. The summed E-state index contributed by atoms with van der Waals surface area (Å²) in [6.07, 6.45) is 4.73. The Morgan fingerprint density at radius 2 is 2.25 bits per heavy atom. The first kappa shape index (κ1) is 16.6. The van der Waals surface area contributed by atoms with Crippen LogP contribution in [0.2, 0.25) is 0 Å². The van der Waals surface area contributed by atoms with E-state index in [1.165, 1.54) is 21.1 Å². The number of nitrogens with two attached hydrogens (primary N) is 1. The van der Waals surface area contributed by atoms with Crippen molar-refractivity contribution in [1.82, 2.24) is 19.2 Å². The number of hydrogen-bond acceptors (Lipinski definition) is 5. The monoisotopic (exact) mass is 349 g/mol. The van der Waals surface area contributed by atoms with Crippen molar-refractivity contribution in [3.05, 3.63) is 48.0 Å². The summed E-state index contributed by atoms with van der Waals surface area (Å²) in [4.78, 5) is 15.5. The molecule has 3 heterocycles. The molecule has 0 aliphatic carbocycles. The Balaban J connectivity index is 2.00. The fraction of sp³-hybridized carbons (Fsp3) is 0.333. The number of nitrogens with zero attached hydrogens (tertiary/aromatic N) is 3. The topological polar surface area (TPSA) is 110 Å². The quantitative estimate of drug-likeness (QED) is 0.798. The molecule has 2 aromatic heterocycles. The molecule has 1 aliphatic rings. The maximum absolute atomic E-state index is 13.1. The van der Waals surface area contributed by atoms with Crippen LogP contribution in [0.25, 0.3) is 0 Å². The largest absolute Gasteiger partial charge is 0.364 e. The molecule has 2 aromatic rings. The van der Waals surface area contributed by atoms with Crippen LogP contribution in [0.15, 0.2) is 41.7 Å². The first-order valence-electron chi connectivity index (χ1n) is 7.50. The lowest BCUT2D eigenvalue weighted by Gasteiger charge is -2.35. The van der Waals surface area contributed by atoms with Gasteiger partial charge in [-0.1, -0.05) is 6.07 Å². The highest BCUT2D eigenvalue weighted by Gasteiger charge is 2.35. The number of aromatic nitrogens is 2. The highest BCUT2D eigenvalue weighted by atomic mass is 32.2. The first-order valence-corrected chi connectivity index (χ1v) is 8.94. The fourth-order valence-electron chi connectivity index (χ4n) is 2.89. The van der Waals surface area contributed by atoms with Crippen LogP contribution in [0.1, 0.15) is 22.1 Å². The van der Waals surface area contributed by atoms with E-state index in [0.717, 1.165) is 5.56 Å². The number of primary amides is 1. The van der Waals surface area contributed by atoms with Crippen LogP contribution < -0.4 is 11.1 Å². The molecule has 24 heavy (non-hydrogen) atoms. The zero-order chi connectivity index (χ0) is 17.3. The summed E-state index contributed by atoms with van der Waals surface area (Å²) in [7, 11) is -2.16. The zero-order valence-electron chi connectivity index (χ0n) is 13.2. The number of sulfonamides is 1. The summed E-state index contributed by atoms with van der Waals surface area (Å²) < 4.78 is 29.0. The van der Waals surface area contributed by atoms with E-state index < -0.39 is 15.9 Å². The Labute approximate surface area is 140 Å². The number of piperazine rings is 1. The Morgan fingerprint density at radius 1 is 1.46 bits per heavy atom. The molecule has 1 aliphatic heterocycles. The van der Waals surface area contributed by atoms with Crippen molar-refractivity contribution in [2.75, 3.05) is 19.6 Å². The molecule has 8 nitrogen and oxygen atoms in total. The fourth-order valence-corrected chi connectivity index (χ4v) is 4.57. The van der Waals surface area contributed by atoms with Crippen molar-refractivity contribution in [2.24, 2.45) is 12.8 Å². The van der Waals surface area contributed by atoms with E-state index in [-0.39, 0.29) is 16.6 Å². The van der Waals surface area contributed by atoms with Crippen molar-refractivity contribution in [3.8, 4) is 0 Å². The lowest BCUT2D eigenvalue weighted by molar-refractivity contribution is 0.0992. The Kier molecular flexibility index (Phi) is 4.39. The van der Waals surface area contributed by atoms with Gasteiger partial charge >= 0.3 is 0 Å². The molecule has 3 N–H and O–H groups in total. The molecule has 1 unspecified atom stereocenters. The second-order valence-corrected chi connectivity index (χ2v) is 7.55. The van der Waals surface area contributed by atoms with Gasteiger partial charge in [0.2, 0.25) is 10.0 Å². The minimum Gasteiger partial charge on any atom is -0.364 e. The molecule has 0 radical (unpaired) electrons. The maximum atomic E-state index is 13.1. The summed E-state index contributed by atoms with van der Waals surface area (Å²) in [5.74, 6) is -0.664. The van der Waals surface area contributed by atoms with Crippen LogP contribution in [0.3, 0.4) is 0 Å². The Morgan fingerprint density at radius 3 is 2.88 bits per heavy atom. The second kappa shape index (κ2) is 6.34. The van der Waals surface area contributed by atoms with Gasteiger partial charge in [-0.05, 0) is 17.7 Å². The van der Waals surface area contributed by atoms with Crippen LogP contribution in [-0.2, 0) is 17.1 Å². The van der Waals surface area contributed by atoms with Gasteiger partial charge in [-0.25, -0.2) is 8.42 Å². The number of hydrogen-bond donors (Lipinski definition) is 2. The van der Waals surface area contributed by atoms with Gasteiger partial charge in [0.15, 0.2) is 0 Å². The van der Waals surface area contributed by atoms with E-state index in [0.29, 0.717) is 19.6 Å². The van der Waals surface area contributed by atoms with E-state index in [4.69, 9.17) is 5.73 Å².